The van der Waals surface area contributed by atoms with E-state index in [0.717, 1.165) is 16.5 Å². The molecule has 0 radical (unpaired) electrons. The summed E-state index contributed by atoms with van der Waals surface area (Å²) in [5.74, 6) is 0.352. The van der Waals surface area contributed by atoms with Gasteiger partial charge in [0.15, 0.2) is 0 Å². The van der Waals surface area contributed by atoms with Crippen molar-refractivity contribution in [3.8, 4) is 0 Å². The van der Waals surface area contributed by atoms with Gasteiger partial charge >= 0.3 is 0 Å². The molecule has 1 saturated carbocycles. The van der Waals surface area contributed by atoms with E-state index in [2.05, 4.69) is 15.9 Å². The van der Waals surface area contributed by atoms with Gasteiger partial charge in [-0.1, -0.05) is 40.5 Å². The third-order valence-electron chi connectivity index (χ3n) is 2.67. The molecule has 2 rings (SSSR count). The Hall–Kier alpha value is -0.0500. The van der Waals surface area contributed by atoms with Gasteiger partial charge in [-0.15, -0.1) is 0 Å². The van der Waals surface area contributed by atoms with Crippen LogP contribution in [0.1, 0.15) is 18.9 Å². The number of hydrogen-bond acceptors (Lipinski definition) is 1. The van der Waals surface area contributed by atoms with Crippen LogP contribution >= 0.6 is 27.5 Å². The van der Waals surface area contributed by atoms with Gasteiger partial charge in [-0.3, -0.25) is 0 Å². The van der Waals surface area contributed by atoms with E-state index >= 15 is 0 Å². The molecule has 70 valence electrons. The summed E-state index contributed by atoms with van der Waals surface area (Å²) in [5.41, 5.74) is 0.327. The van der Waals surface area contributed by atoms with Crippen LogP contribution in [0.3, 0.4) is 0 Å². The SMILES string of the molecule is CC1CC1(O)c1ccc(Cl)cc1Br. The summed E-state index contributed by atoms with van der Waals surface area (Å²) in [6.45, 7) is 2.04. The van der Waals surface area contributed by atoms with Crippen molar-refractivity contribution in [3.63, 3.8) is 0 Å². The average Bonchev–Trinajstić information content (AvgIpc) is 2.59. The molecule has 0 spiro atoms. The Labute approximate surface area is 90.9 Å². The van der Waals surface area contributed by atoms with Gasteiger partial charge < -0.3 is 5.11 Å². The van der Waals surface area contributed by atoms with Crippen LogP contribution in [-0.2, 0) is 5.60 Å². The van der Waals surface area contributed by atoms with Gasteiger partial charge in [-0.2, -0.15) is 0 Å². The van der Waals surface area contributed by atoms with Crippen LogP contribution in [0, 0.1) is 5.92 Å². The fourth-order valence-corrected chi connectivity index (χ4v) is 2.65. The Morgan fingerprint density at radius 1 is 1.62 bits per heavy atom. The molecule has 1 aliphatic rings. The Morgan fingerprint density at radius 2 is 2.23 bits per heavy atom. The Kier molecular flexibility index (Phi) is 2.17. The van der Waals surface area contributed by atoms with Crippen LogP contribution in [0.4, 0.5) is 0 Å². The van der Waals surface area contributed by atoms with Gasteiger partial charge in [0.2, 0.25) is 0 Å². The number of hydrogen-bond donors (Lipinski definition) is 1. The number of aliphatic hydroxyl groups is 1. The first-order valence-electron chi connectivity index (χ1n) is 4.22. The zero-order valence-corrected chi connectivity index (χ0v) is 9.56. The lowest BCUT2D eigenvalue weighted by Crippen LogP contribution is -2.08. The fourth-order valence-electron chi connectivity index (χ4n) is 1.62. The molecule has 0 bridgehead atoms. The highest BCUT2D eigenvalue weighted by molar-refractivity contribution is 9.10. The van der Waals surface area contributed by atoms with Gasteiger partial charge in [-0.05, 0) is 30.0 Å². The molecule has 13 heavy (non-hydrogen) atoms. The fraction of sp³-hybridized carbons (Fsp3) is 0.400. The second-order valence-electron chi connectivity index (χ2n) is 3.65. The third-order valence-corrected chi connectivity index (χ3v) is 3.56. The molecule has 0 saturated heterocycles. The molecule has 1 nitrogen and oxygen atoms in total. The summed E-state index contributed by atoms with van der Waals surface area (Å²) in [6, 6.07) is 5.51. The molecule has 1 fully saturated rings. The van der Waals surface area contributed by atoms with E-state index < -0.39 is 5.60 Å². The summed E-state index contributed by atoms with van der Waals surface area (Å²) in [7, 11) is 0. The Balaban J connectivity index is 2.42. The summed E-state index contributed by atoms with van der Waals surface area (Å²) < 4.78 is 0.895. The van der Waals surface area contributed by atoms with Gasteiger partial charge in [-0.25, -0.2) is 0 Å². The van der Waals surface area contributed by atoms with E-state index in [1.54, 1.807) is 0 Å². The van der Waals surface area contributed by atoms with E-state index in [1.165, 1.54) is 0 Å². The molecular formula is C10H10BrClO. The standard InChI is InChI=1S/C10H10BrClO/c1-6-5-10(6,13)8-3-2-7(12)4-9(8)11/h2-4,6,13H,5H2,1H3. The minimum Gasteiger partial charge on any atom is -0.385 e. The normalized spacial score (nSPS) is 31.8. The van der Waals surface area contributed by atoms with Crippen molar-refractivity contribution in [2.24, 2.45) is 5.92 Å². The molecule has 3 heteroatoms. The Bertz CT molecular complexity index is 353. The first kappa shape index (κ1) is 9.50. The largest absolute Gasteiger partial charge is 0.385 e. The van der Waals surface area contributed by atoms with E-state index in [1.807, 2.05) is 25.1 Å². The van der Waals surface area contributed by atoms with Gasteiger partial charge in [0.05, 0.1) is 5.60 Å². The molecule has 2 unspecified atom stereocenters. The summed E-state index contributed by atoms with van der Waals surface area (Å²) >= 11 is 9.22. The highest BCUT2D eigenvalue weighted by atomic mass is 79.9. The Morgan fingerprint density at radius 3 is 2.69 bits per heavy atom. The molecule has 0 amide bonds. The molecular weight excluding hydrogens is 251 g/mol. The third kappa shape index (κ3) is 1.51. The zero-order valence-electron chi connectivity index (χ0n) is 7.22. The minimum absolute atomic E-state index is 0.352. The number of halogens is 2. The van der Waals surface area contributed by atoms with Gasteiger partial charge in [0.25, 0.3) is 0 Å². The van der Waals surface area contributed by atoms with Crippen LogP contribution in [-0.4, -0.2) is 5.11 Å². The lowest BCUT2D eigenvalue weighted by Gasteiger charge is -2.11. The van der Waals surface area contributed by atoms with Crippen LogP contribution in [0.5, 0.6) is 0 Å². The molecule has 1 aromatic rings. The first-order valence-corrected chi connectivity index (χ1v) is 5.39. The zero-order chi connectivity index (χ0) is 9.64. The highest BCUT2D eigenvalue weighted by Crippen LogP contribution is 2.53. The van der Waals surface area contributed by atoms with E-state index in [0.29, 0.717) is 10.9 Å². The monoisotopic (exact) mass is 260 g/mol. The van der Waals surface area contributed by atoms with Gasteiger partial charge in [0.1, 0.15) is 0 Å². The average molecular weight is 262 g/mol. The smallest absolute Gasteiger partial charge is 0.0937 e. The minimum atomic E-state index is -0.622. The summed E-state index contributed by atoms with van der Waals surface area (Å²) in [5, 5.41) is 10.8. The van der Waals surface area contributed by atoms with Crippen molar-refractivity contribution in [2.45, 2.75) is 18.9 Å². The lowest BCUT2D eigenvalue weighted by molar-refractivity contribution is 0.134. The van der Waals surface area contributed by atoms with Crippen molar-refractivity contribution >= 4 is 27.5 Å². The quantitative estimate of drug-likeness (QED) is 0.822. The molecule has 0 heterocycles. The molecule has 1 aliphatic carbocycles. The lowest BCUT2D eigenvalue weighted by atomic mass is 10.1. The van der Waals surface area contributed by atoms with Crippen molar-refractivity contribution in [1.29, 1.82) is 0 Å². The summed E-state index contributed by atoms with van der Waals surface area (Å²) in [4.78, 5) is 0. The van der Waals surface area contributed by atoms with Gasteiger partial charge in [0, 0.05) is 9.50 Å². The van der Waals surface area contributed by atoms with Crippen molar-refractivity contribution < 1.29 is 5.11 Å². The van der Waals surface area contributed by atoms with Crippen LogP contribution in [0.2, 0.25) is 5.02 Å². The van der Waals surface area contributed by atoms with Crippen molar-refractivity contribution in [2.75, 3.05) is 0 Å². The van der Waals surface area contributed by atoms with Crippen LogP contribution < -0.4 is 0 Å². The number of rotatable bonds is 1. The maximum absolute atomic E-state index is 10.1. The highest BCUT2D eigenvalue weighted by Gasteiger charge is 2.51. The predicted molar refractivity (Wildman–Crippen MR) is 56.8 cm³/mol. The maximum Gasteiger partial charge on any atom is 0.0937 e. The first-order chi connectivity index (χ1) is 6.04. The predicted octanol–water partition coefficient (Wildman–Crippen LogP) is 3.33. The van der Waals surface area contributed by atoms with Crippen LogP contribution in [0.25, 0.3) is 0 Å². The topological polar surface area (TPSA) is 20.2 Å². The second kappa shape index (κ2) is 2.97. The van der Waals surface area contributed by atoms with E-state index in [-0.39, 0.29) is 0 Å². The van der Waals surface area contributed by atoms with E-state index in [9.17, 15) is 5.11 Å². The molecule has 2 atom stereocenters. The number of benzene rings is 1. The van der Waals surface area contributed by atoms with Crippen molar-refractivity contribution in [3.05, 3.63) is 33.3 Å². The molecule has 1 N–H and O–H groups in total. The molecule has 0 aliphatic heterocycles. The van der Waals surface area contributed by atoms with E-state index in [4.69, 9.17) is 11.6 Å². The second-order valence-corrected chi connectivity index (χ2v) is 4.94. The summed E-state index contributed by atoms with van der Waals surface area (Å²) in [6.07, 6.45) is 0.841. The molecule has 1 aromatic carbocycles. The van der Waals surface area contributed by atoms with Crippen molar-refractivity contribution in [1.82, 2.24) is 0 Å². The maximum atomic E-state index is 10.1. The molecule has 0 aromatic heterocycles. The van der Waals surface area contributed by atoms with Crippen LogP contribution in [0.15, 0.2) is 22.7 Å².